The number of aromatic nitrogens is 4. The van der Waals surface area contributed by atoms with Crippen LogP contribution in [0.5, 0.6) is 6.01 Å². The summed E-state index contributed by atoms with van der Waals surface area (Å²) in [7, 11) is 3.65. The van der Waals surface area contributed by atoms with Crippen molar-refractivity contribution in [2.45, 2.75) is 44.3 Å². The highest BCUT2D eigenvalue weighted by molar-refractivity contribution is 6.36. The van der Waals surface area contributed by atoms with Crippen LogP contribution in [0.3, 0.4) is 0 Å². The van der Waals surface area contributed by atoms with E-state index < -0.39 is 6.04 Å². The van der Waals surface area contributed by atoms with Crippen molar-refractivity contribution in [3.63, 3.8) is 0 Å². The summed E-state index contributed by atoms with van der Waals surface area (Å²) in [4.78, 5) is 44.1. The van der Waals surface area contributed by atoms with Crippen LogP contribution in [0, 0.1) is 11.3 Å². The van der Waals surface area contributed by atoms with Crippen molar-refractivity contribution < 1.29 is 9.53 Å². The number of fused-ring (bicyclic) bond motifs is 2. The van der Waals surface area contributed by atoms with E-state index in [2.05, 4.69) is 63.8 Å². The molecule has 0 unspecified atom stereocenters. The van der Waals surface area contributed by atoms with Gasteiger partial charge in [-0.3, -0.25) is 9.59 Å². The summed E-state index contributed by atoms with van der Waals surface area (Å²) in [6.07, 6.45) is 3.04. The molecule has 0 aliphatic carbocycles. The molecule has 0 N–H and O–H groups in total. The summed E-state index contributed by atoms with van der Waals surface area (Å²) in [6.45, 7) is 8.11. The van der Waals surface area contributed by atoms with E-state index in [0.29, 0.717) is 62.0 Å². The Labute approximate surface area is 296 Å². The van der Waals surface area contributed by atoms with Gasteiger partial charge in [-0.15, -0.1) is 0 Å². The van der Waals surface area contributed by atoms with E-state index in [1.54, 1.807) is 4.90 Å². The van der Waals surface area contributed by atoms with Crippen LogP contribution in [0.2, 0.25) is 5.02 Å². The predicted molar refractivity (Wildman–Crippen MR) is 193 cm³/mol. The molecule has 0 spiro atoms. The maximum atomic E-state index is 13.7. The number of likely N-dealkylation sites (N-methyl/N-ethyl adjacent to an activating group) is 1. The second-order valence-electron chi connectivity index (χ2n) is 13.2. The highest BCUT2D eigenvalue weighted by Crippen LogP contribution is 2.37. The fraction of sp³-hybridized carbons (Fsp3) is 0.405. The standard InChI is InChI=1S/C37H40ClN9O3/c1-24(30-12-13-33(48)44(3)42-30)36(49)47-20-19-46(21-26(47)14-16-39)35-28-15-18-45(32-11-5-8-25-7-4-10-29(38)34(25)32)22-31(28)40-37(41-35)50-23-27-9-6-17-43(27)2/h4-5,7-8,10-13,26-27H,1,6,9,14-15,17-23H2,2-3H3/t26-,27-/m0/s1. The molecule has 50 heavy (non-hydrogen) atoms. The minimum Gasteiger partial charge on any atom is -0.462 e. The third-order valence-corrected chi connectivity index (χ3v) is 10.5. The van der Waals surface area contributed by atoms with Crippen LogP contribution in [-0.2, 0) is 24.8 Å². The van der Waals surface area contributed by atoms with Gasteiger partial charge in [0.05, 0.1) is 47.1 Å². The first kappa shape index (κ1) is 33.5. The Balaban J connectivity index is 1.19. The molecule has 5 heterocycles. The number of hydrogen-bond donors (Lipinski definition) is 0. The Morgan fingerprint density at radius 2 is 1.86 bits per heavy atom. The van der Waals surface area contributed by atoms with E-state index in [9.17, 15) is 14.9 Å². The zero-order valence-electron chi connectivity index (χ0n) is 28.4. The quantitative estimate of drug-likeness (QED) is 0.250. The normalized spacial score (nSPS) is 19.4. The van der Waals surface area contributed by atoms with Crippen molar-refractivity contribution >= 4 is 45.4 Å². The molecule has 2 aromatic heterocycles. The second-order valence-corrected chi connectivity index (χ2v) is 13.7. The minimum atomic E-state index is -0.412. The van der Waals surface area contributed by atoms with Crippen LogP contribution in [0.1, 0.15) is 36.2 Å². The predicted octanol–water partition coefficient (Wildman–Crippen LogP) is 4.06. The first-order valence-corrected chi connectivity index (χ1v) is 17.4. The Kier molecular flexibility index (Phi) is 9.44. The summed E-state index contributed by atoms with van der Waals surface area (Å²) in [5, 5.41) is 16.8. The van der Waals surface area contributed by atoms with Gasteiger partial charge in [-0.25, -0.2) is 4.68 Å². The first-order valence-electron chi connectivity index (χ1n) is 17.0. The zero-order chi connectivity index (χ0) is 34.9. The number of piperazine rings is 1. The molecule has 2 aromatic carbocycles. The largest absolute Gasteiger partial charge is 0.462 e. The topological polar surface area (TPSA) is 124 Å². The molecule has 4 aromatic rings. The highest BCUT2D eigenvalue weighted by atomic mass is 35.5. The summed E-state index contributed by atoms with van der Waals surface area (Å²) in [6, 6.07) is 17.6. The van der Waals surface area contributed by atoms with E-state index in [1.165, 1.54) is 23.9 Å². The van der Waals surface area contributed by atoms with Crippen LogP contribution in [0.25, 0.3) is 16.3 Å². The molecule has 13 heteroatoms. The lowest BCUT2D eigenvalue weighted by molar-refractivity contribution is -0.127. The molecule has 3 aliphatic heterocycles. The number of carbonyl (C=O) groups excluding carboxylic acids is 1. The Morgan fingerprint density at radius 3 is 2.62 bits per heavy atom. The average molecular weight is 694 g/mol. The Morgan fingerprint density at radius 1 is 1.04 bits per heavy atom. The number of benzene rings is 2. The summed E-state index contributed by atoms with van der Waals surface area (Å²) in [5.74, 6) is 0.476. The van der Waals surface area contributed by atoms with Gasteiger partial charge in [0.2, 0.25) is 0 Å². The molecule has 1 amide bonds. The zero-order valence-corrected chi connectivity index (χ0v) is 29.1. The molecule has 2 atom stereocenters. The van der Waals surface area contributed by atoms with Gasteiger partial charge in [-0.05, 0) is 56.4 Å². The smallest absolute Gasteiger partial charge is 0.318 e. The first-order chi connectivity index (χ1) is 24.2. The third kappa shape index (κ3) is 6.51. The number of nitrogens with zero attached hydrogens (tertiary/aromatic N) is 9. The minimum absolute atomic E-state index is 0.135. The number of amides is 1. The molecule has 258 valence electrons. The molecular formula is C37H40ClN9O3. The van der Waals surface area contributed by atoms with Crippen LogP contribution in [0.4, 0.5) is 11.5 Å². The molecule has 2 saturated heterocycles. The lowest BCUT2D eigenvalue weighted by atomic mass is 10.0. The van der Waals surface area contributed by atoms with Gasteiger partial charge in [0, 0.05) is 62.0 Å². The monoisotopic (exact) mass is 693 g/mol. The van der Waals surface area contributed by atoms with Crippen molar-refractivity contribution in [3.05, 3.63) is 87.4 Å². The number of likely N-dealkylation sites (tertiary alicyclic amines) is 1. The molecule has 2 fully saturated rings. The maximum absolute atomic E-state index is 13.7. The number of anilines is 2. The number of hydrogen-bond acceptors (Lipinski definition) is 10. The molecule has 3 aliphatic rings. The fourth-order valence-corrected chi connectivity index (χ4v) is 7.64. The number of ether oxygens (including phenoxy) is 1. The van der Waals surface area contributed by atoms with Crippen LogP contribution < -0.4 is 20.1 Å². The van der Waals surface area contributed by atoms with Crippen LogP contribution >= 0.6 is 11.6 Å². The summed E-state index contributed by atoms with van der Waals surface area (Å²) >= 11 is 6.73. The van der Waals surface area contributed by atoms with Gasteiger partial charge in [-0.1, -0.05) is 42.4 Å². The molecule has 0 radical (unpaired) electrons. The molecule has 0 bridgehead atoms. The number of carbonyl (C=O) groups is 1. The van der Waals surface area contributed by atoms with Gasteiger partial charge in [0.25, 0.3) is 11.5 Å². The van der Waals surface area contributed by atoms with Gasteiger partial charge >= 0.3 is 6.01 Å². The number of halogens is 1. The SMILES string of the molecule is C=C(C(=O)N1CCN(c2nc(OC[C@@H]3CCCN3C)nc3c2CCN(c2cccc4cccc(Cl)c24)C3)C[C@@H]1CC#N)c1ccc(=O)n(C)n1. The van der Waals surface area contributed by atoms with E-state index >= 15 is 0 Å². The van der Waals surface area contributed by atoms with E-state index in [1.807, 2.05) is 12.1 Å². The van der Waals surface area contributed by atoms with Crippen molar-refractivity contribution in [1.29, 1.82) is 5.26 Å². The average Bonchev–Trinajstić information content (AvgIpc) is 3.54. The van der Waals surface area contributed by atoms with Crippen molar-refractivity contribution in [2.24, 2.45) is 7.05 Å². The van der Waals surface area contributed by atoms with Gasteiger partial charge in [0.1, 0.15) is 12.4 Å². The van der Waals surface area contributed by atoms with E-state index in [0.717, 1.165) is 59.5 Å². The number of nitriles is 1. The van der Waals surface area contributed by atoms with E-state index in [-0.39, 0.29) is 23.5 Å². The second kappa shape index (κ2) is 14.1. The summed E-state index contributed by atoms with van der Waals surface area (Å²) < 4.78 is 7.51. The Bertz CT molecular complexity index is 2060. The molecule has 7 rings (SSSR count). The van der Waals surface area contributed by atoms with Crippen molar-refractivity contribution in [2.75, 3.05) is 56.2 Å². The third-order valence-electron chi connectivity index (χ3n) is 10.2. The van der Waals surface area contributed by atoms with E-state index in [4.69, 9.17) is 26.3 Å². The lowest BCUT2D eigenvalue weighted by Crippen LogP contribution is -2.56. The van der Waals surface area contributed by atoms with Crippen molar-refractivity contribution in [3.8, 4) is 12.1 Å². The van der Waals surface area contributed by atoms with Gasteiger partial charge in [-0.2, -0.15) is 20.3 Å². The molecule has 12 nitrogen and oxygen atoms in total. The van der Waals surface area contributed by atoms with Crippen LogP contribution in [0.15, 0.2) is 59.9 Å². The van der Waals surface area contributed by atoms with Crippen LogP contribution in [-0.4, -0.2) is 93.9 Å². The Hall–Kier alpha value is -4.99. The fourth-order valence-electron chi connectivity index (χ4n) is 7.36. The summed E-state index contributed by atoms with van der Waals surface area (Å²) in [5.41, 5.74) is 3.23. The van der Waals surface area contributed by atoms with Crippen molar-refractivity contribution in [1.82, 2.24) is 29.5 Å². The maximum Gasteiger partial charge on any atom is 0.318 e. The lowest BCUT2D eigenvalue weighted by Gasteiger charge is -2.42. The van der Waals surface area contributed by atoms with Gasteiger partial charge in [0.15, 0.2) is 0 Å². The highest BCUT2D eigenvalue weighted by Gasteiger charge is 2.35. The number of aryl methyl sites for hydroxylation is 1. The molecule has 0 saturated carbocycles. The molecular weight excluding hydrogens is 654 g/mol. The number of rotatable bonds is 8. The van der Waals surface area contributed by atoms with Gasteiger partial charge < -0.3 is 24.3 Å².